The van der Waals surface area contributed by atoms with E-state index >= 15 is 0 Å². The highest BCUT2D eigenvalue weighted by Crippen LogP contribution is 2.44. The number of ether oxygens (including phenoxy) is 2. The van der Waals surface area contributed by atoms with Gasteiger partial charge in [0.2, 0.25) is 5.91 Å². The minimum atomic E-state index is -0.830. The topological polar surface area (TPSA) is 102 Å². The van der Waals surface area contributed by atoms with E-state index in [2.05, 4.69) is 5.32 Å². The van der Waals surface area contributed by atoms with E-state index < -0.39 is 40.5 Å². The van der Waals surface area contributed by atoms with Crippen molar-refractivity contribution >= 4 is 23.8 Å². The lowest BCUT2D eigenvalue weighted by Gasteiger charge is -2.37. The zero-order chi connectivity index (χ0) is 27.6. The van der Waals surface area contributed by atoms with Gasteiger partial charge in [-0.2, -0.15) is 0 Å². The first-order valence-electron chi connectivity index (χ1n) is 13.4. The van der Waals surface area contributed by atoms with Gasteiger partial charge in [0.15, 0.2) is 5.78 Å². The van der Waals surface area contributed by atoms with Crippen LogP contribution < -0.4 is 5.32 Å². The van der Waals surface area contributed by atoms with Crippen molar-refractivity contribution in [2.45, 2.75) is 113 Å². The quantitative estimate of drug-likeness (QED) is 0.499. The number of carbonyl (C=O) groups is 4. The van der Waals surface area contributed by atoms with Gasteiger partial charge in [0.25, 0.3) is 0 Å². The number of alkyl carbamates (subject to hydrolysis) is 1. The van der Waals surface area contributed by atoms with E-state index in [0.29, 0.717) is 6.54 Å². The number of rotatable bonds is 7. The van der Waals surface area contributed by atoms with Crippen molar-refractivity contribution < 1.29 is 28.7 Å². The SMILES string of the molecule is CCOC(=O)[C@@H]1[C@H]2CCC[C@H]2CN1C(=O)[C@@H](CC(=O)[C@@H](NC(=O)OC(C)(C)C)C(C)(C)C)C(C)(C)C. The van der Waals surface area contributed by atoms with E-state index in [0.717, 1.165) is 19.3 Å². The number of nitrogens with zero attached hydrogens (tertiary/aromatic N) is 1. The lowest BCUT2D eigenvalue weighted by atomic mass is 9.73. The summed E-state index contributed by atoms with van der Waals surface area (Å²) >= 11 is 0. The molecule has 0 unspecified atom stereocenters. The molecule has 1 heterocycles. The Bertz CT molecular complexity index is 832. The number of amides is 2. The number of carbonyl (C=O) groups excluding carboxylic acids is 4. The third kappa shape index (κ3) is 7.45. The number of nitrogens with one attached hydrogen (secondary N) is 1. The summed E-state index contributed by atoms with van der Waals surface area (Å²) in [6.07, 6.45) is 2.25. The maximum Gasteiger partial charge on any atom is 0.408 e. The second kappa shape index (κ2) is 11.1. The fourth-order valence-electron chi connectivity index (χ4n) is 5.55. The van der Waals surface area contributed by atoms with E-state index in [9.17, 15) is 19.2 Å². The lowest BCUT2D eigenvalue weighted by Crippen LogP contribution is -2.53. The molecule has 0 radical (unpaired) electrons. The number of esters is 1. The Hall–Kier alpha value is -2.12. The summed E-state index contributed by atoms with van der Waals surface area (Å²) in [5.41, 5.74) is -1.81. The van der Waals surface area contributed by atoms with Gasteiger partial charge in [0.1, 0.15) is 11.6 Å². The second-order valence-electron chi connectivity index (χ2n) is 13.6. The predicted octanol–water partition coefficient (Wildman–Crippen LogP) is 4.74. The van der Waals surface area contributed by atoms with Crippen molar-refractivity contribution in [2.24, 2.45) is 28.6 Å². The summed E-state index contributed by atoms with van der Waals surface area (Å²) in [4.78, 5) is 54.8. The van der Waals surface area contributed by atoms with Crippen LogP contribution in [0.5, 0.6) is 0 Å². The summed E-state index contributed by atoms with van der Waals surface area (Å²) in [6.45, 7) is 19.3. The van der Waals surface area contributed by atoms with Gasteiger partial charge in [-0.25, -0.2) is 9.59 Å². The van der Waals surface area contributed by atoms with Crippen LogP contribution in [0, 0.1) is 28.6 Å². The van der Waals surface area contributed by atoms with Crippen molar-refractivity contribution in [1.82, 2.24) is 10.2 Å². The van der Waals surface area contributed by atoms with Crippen molar-refractivity contribution in [3.63, 3.8) is 0 Å². The molecule has 8 nitrogen and oxygen atoms in total. The van der Waals surface area contributed by atoms with Gasteiger partial charge in [-0.05, 0) is 63.2 Å². The van der Waals surface area contributed by atoms with E-state index in [-0.39, 0.29) is 42.5 Å². The number of likely N-dealkylation sites (tertiary alicyclic amines) is 1. The highest BCUT2D eigenvalue weighted by atomic mass is 16.6. The number of fused-ring (bicyclic) bond motifs is 1. The Morgan fingerprint density at radius 2 is 1.56 bits per heavy atom. The van der Waals surface area contributed by atoms with Crippen LogP contribution in [-0.2, 0) is 23.9 Å². The fourth-order valence-corrected chi connectivity index (χ4v) is 5.55. The van der Waals surface area contributed by atoms with Gasteiger partial charge >= 0.3 is 12.1 Å². The van der Waals surface area contributed by atoms with E-state index in [1.54, 1.807) is 32.6 Å². The van der Waals surface area contributed by atoms with Crippen LogP contribution in [0.1, 0.15) is 94.9 Å². The summed E-state index contributed by atoms with van der Waals surface area (Å²) in [5.74, 6) is -1.01. The standard InChI is InChI=1S/C28H48N2O6/c1-11-35-24(33)21-18-14-12-13-17(18)16-30(21)23(32)19(26(2,3)4)15-20(31)22(27(5,6)7)29-25(34)36-28(8,9)10/h17-19,21-22H,11-16H2,1-10H3,(H,29,34)/t17-,18-,19+,21-,22+/m0/s1. The Balaban J connectivity index is 2.30. The van der Waals surface area contributed by atoms with Crippen molar-refractivity contribution in [1.29, 1.82) is 0 Å². The normalized spacial score (nSPS) is 24.1. The number of ketones is 1. The molecule has 1 aliphatic carbocycles. The van der Waals surface area contributed by atoms with Crippen LogP contribution in [-0.4, -0.2) is 59.5 Å². The van der Waals surface area contributed by atoms with Crippen LogP contribution in [0.15, 0.2) is 0 Å². The van der Waals surface area contributed by atoms with Crippen LogP contribution in [0.25, 0.3) is 0 Å². The minimum absolute atomic E-state index is 0.0402. The van der Waals surface area contributed by atoms with Gasteiger partial charge in [0, 0.05) is 18.9 Å². The maximum atomic E-state index is 14.0. The molecule has 0 spiro atoms. The molecule has 0 bridgehead atoms. The first kappa shape index (κ1) is 30.1. The van der Waals surface area contributed by atoms with E-state index in [1.807, 2.05) is 41.5 Å². The second-order valence-corrected chi connectivity index (χ2v) is 13.6. The molecule has 1 N–H and O–H groups in total. The molecular formula is C28H48N2O6. The van der Waals surface area contributed by atoms with Crippen LogP contribution in [0.2, 0.25) is 0 Å². The van der Waals surface area contributed by atoms with E-state index in [1.165, 1.54) is 0 Å². The Labute approximate surface area is 217 Å². The molecule has 2 aliphatic rings. The molecule has 1 aliphatic heterocycles. The van der Waals surface area contributed by atoms with Crippen LogP contribution >= 0.6 is 0 Å². The summed E-state index contributed by atoms with van der Waals surface area (Å²) < 4.78 is 10.8. The molecule has 36 heavy (non-hydrogen) atoms. The molecule has 2 fully saturated rings. The Kier molecular flexibility index (Phi) is 9.28. The first-order valence-corrected chi connectivity index (χ1v) is 13.4. The zero-order valence-corrected chi connectivity index (χ0v) is 24.0. The van der Waals surface area contributed by atoms with Gasteiger partial charge in [-0.1, -0.05) is 48.0 Å². The highest BCUT2D eigenvalue weighted by molar-refractivity contribution is 5.94. The van der Waals surface area contributed by atoms with E-state index in [4.69, 9.17) is 9.47 Å². The third-order valence-corrected chi connectivity index (χ3v) is 7.30. The molecular weight excluding hydrogens is 460 g/mol. The van der Waals surface area contributed by atoms with Gasteiger partial charge < -0.3 is 19.7 Å². The summed E-state index contributed by atoms with van der Waals surface area (Å²) in [5, 5.41) is 2.74. The third-order valence-electron chi connectivity index (χ3n) is 7.30. The smallest absolute Gasteiger partial charge is 0.408 e. The Morgan fingerprint density at radius 1 is 0.944 bits per heavy atom. The molecule has 1 saturated carbocycles. The van der Waals surface area contributed by atoms with Gasteiger partial charge in [-0.15, -0.1) is 0 Å². The van der Waals surface area contributed by atoms with Crippen molar-refractivity contribution in [3.05, 3.63) is 0 Å². The highest BCUT2D eigenvalue weighted by Gasteiger charge is 2.52. The zero-order valence-electron chi connectivity index (χ0n) is 24.0. The van der Waals surface area contributed by atoms with Gasteiger partial charge in [-0.3, -0.25) is 9.59 Å². The average Bonchev–Trinajstić information content (AvgIpc) is 3.27. The molecule has 0 aromatic rings. The molecule has 0 aromatic heterocycles. The largest absolute Gasteiger partial charge is 0.464 e. The Morgan fingerprint density at radius 3 is 2.06 bits per heavy atom. The van der Waals surface area contributed by atoms with Crippen molar-refractivity contribution in [3.8, 4) is 0 Å². The predicted molar refractivity (Wildman–Crippen MR) is 138 cm³/mol. The first-order chi connectivity index (χ1) is 16.4. The minimum Gasteiger partial charge on any atom is -0.464 e. The molecule has 5 atom stereocenters. The summed E-state index contributed by atoms with van der Waals surface area (Å²) in [6, 6.07) is -1.42. The number of hydrogen-bond acceptors (Lipinski definition) is 6. The molecule has 2 amide bonds. The molecule has 8 heteroatoms. The molecule has 206 valence electrons. The monoisotopic (exact) mass is 508 g/mol. The molecule has 2 rings (SSSR count). The van der Waals surface area contributed by atoms with Crippen LogP contribution in [0.4, 0.5) is 4.79 Å². The molecule has 1 saturated heterocycles. The molecule has 0 aromatic carbocycles. The number of Topliss-reactive ketones (excluding diaryl/α,β-unsaturated/α-hetero) is 1. The average molecular weight is 509 g/mol. The number of hydrogen-bond donors (Lipinski definition) is 1. The van der Waals surface area contributed by atoms with Crippen molar-refractivity contribution in [2.75, 3.05) is 13.2 Å². The summed E-state index contributed by atoms with van der Waals surface area (Å²) in [7, 11) is 0. The fraction of sp³-hybridized carbons (Fsp3) is 0.857. The van der Waals surface area contributed by atoms with Crippen LogP contribution in [0.3, 0.4) is 0 Å². The lowest BCUT2D eigenvalue weighted by molar-refractivity contribution is -0.157. The van der Waals surface area contributed by atoms with Gasteiger partial charge in [0.05, 0.1) is 12.6 Å². The maximum absolute atomic E-state index is 14.0.